The summed E-state index contributed by atoms with van der Waals surface area (Å²) in [4.78, 5) is 4.57. The lowest BCUT2D eigenvalue weighted by atomic mass is 10.2. The number of hydrogen-bond donors (Lipinski definition) is 0. The second-order valence-electron chi connectivity index (χ2n) is 6.22. The van der Waals surface area contributed by atoms with Gasteiger partial charge in [-0.05, 0) is 49.8 Å². The summed E-state index contributed by atoms with van der Waals surface area (Å²) in [5.41, 5.74) is 3.24. The standard InChI is InChI=1S/C16H23N3OSi/c1-13-6-7-15(16(10-13)20-21(3,4)5)17-9-8-14-11-18-19(2)12-14/h6-7,9-12H,8H2,1-5H3. The Morgan fingerprint density at radius 1 is 1.33 bits per heavy atom. The first-order valence-corrected chi connectivity index (χ1v) is 10.5. The molecule has 2 rings (SSSR count). The Hall–Kier alpha value is -1.88. The van der Waals surface area contributed by atoms with Gasteiger partial charge in [0, 0.05) is 25.9 Å². The molecule has 0 unspecified atom stereocenters. The fraction of sp³-hybridized carbons (Fsp3) is 0.375. The van der Waals surface area contributed by atoms with Crippen LogP contribution in [0.25, 0.3) is 0 Å². The van der Waals surface area contributed by atoms with Crippen LogP contribution in [0.5, 0.6) is 5.75 Å². The summed E-state index contributed by atoms with van der Waals surface area (Å²) in [6, 6.07) is 6.15. The largest absolute Gasteiger partial charge is 0.543 e. The van der Waals surface area contributed by atoms with E-state index >= 15 is 0 Å². The van der Waals surface area contributed by atoms with Gasteiger partial charge in [0.1, 0.15) is 11.4 Å². The van der Waals surface area contributed by atoms with Gasteiger partial charge in [0.15, 0.2) is 0 Å². The molecule has 0 N–H and O–H groups in total. The molecule has 0 aliphatic heterocycles. The second kappa shape index (κ2) is 6.26. The molecule has 0 fully saturated rings. The topological polar surface area (TPSA) is 39.4 Å². The summed E-state index contributed by atoms with van der Waals surface area (Å²) in [5, 5.41) is 4.16. The average Bonchev–Trinajstić information content (AvgIpc) is 2.76. The highest BCUT2D eigenvalue weighted by atomic mass is 28.4. The number of nitrogens with zero attached hydrogens (tertiary/aromatic N) is 3. The third-order valence-corrected chi connectivity index (χ3v) is 3.68. The van der Waals surface area contributed by atoms with E-state index in [2.05, 4.69) is 48.8 Å². The number of aromatic nitrogens is 2. The first-order valence-electron chi connectivity index (χ1n) is 7.13. The van der Waals surface area contributed by atoms with E-state index < -0.39 is 8.32 Å². The lowest BCUT2D eigenvalue weighted by Crippen LogP contribution is -2.29. The predicted molar refractivity (Wildman–Crippen MR) is 90.2 cm³/mol. The van der Waals surface area contributed by atoms with Gasteiger partial charge < -0.3 is 4.43 Å². The van der Waals surface area contributed by atoms with Crippen LogP contribution in [-0.2, 0) is 13.5 Å². The Morgan fingerprint density at radius 2 is 2.10 bits per heavy atom. The molecule has 0 aliphatic rings. The van der Waals surface area contributed by atoms with Crippen LogP contribution in [0, 0.1) is 6.92 Å². The average molecular weight is 301 g/mol. The van der Waals surface area contributed by atoms with Crippen molar-refractivity contribution in [3.05, 3.63) is 41.7 Å². The van der Waals surface area contributed by atoms with Gasteiger partial charge in [-0.15, -0.1) is 0 Å². The van der Waals surface area contributed by atoms with E-state index in [0.29, 0.717) is 0 Å². The molecule has 2 aromatic rings. The summed E-state index contributed by atoms with van der Waals surface area (Å²) in [7, 11) is 0.278. The zero-order valence-corrected chi connectivity index (χ0v) is 14.4. The van der Waals surface area contributed by atoms with Crippen LogP contribution in [0.1, 0.15) is 11.1 Å². The van der Waals surface area contributed by atoms with Crippen LogP contribution < -0.4 is 4.43 Å². The minimum Gasteiger partial charge on any atom is -0.543 e. The van der Waals surface area contributed by atoms with Gasteiger partial charge in [-0.25, -0.2) is 0 Å². The van der Waals surface area contributed by atoms with Crippen LogP contribution in [0.3, 0.4) is 0 Å². The molecule has 5 heteroatoms. The van der Waals surface area contributed by atoms with Crippen molar-refractivity contribution in [2.24, 2.45) is 12.0 Å². The number of aryl methyl sites for hydroxylation is 2. The van der Waals surface area contributed by atoms with Gasteiger partial charge in [0.25, 0.3) is 0 Å². The monoisotopic (exact) mass is 301 g/mol. The van der Waals surface area contributed by atoms with Crippen molar-refractivity contribution in [2.45, 2.75) is 33.0 Å². The van der Waals surface area contributed by atoms with Gasteiger partial charge in [-0.2, -0.15) is 5.10 Å². The van der Waals surface area contributed by atoms with Gasteiger partial charge in [-0.3, -0.25) is 9.67 Å². The quantitative estimate of drug-likeness (QED) is 0.621. The Morgan fingerprint density at radius 3 is 2.71 bits per heavy atom. The normalized spacial score (nSPS) is 12.0. The highest BCUT2D eigenvalue weighted by Crippen LogP contribution is 2.30. The van der Waals surface area contributed by atoms with E-state index in [-0.39, 0.29) is 0 Å². The smallest absolute Gasteiger partial charge is 0.242 e. The van der Waals surface area contributed by atoms with E-state index in [1.165, 1.54) is 5.56 Å². The number of rotatable bonds is 5. The van der Waals surface area contributed by atoms with E-state index in [1.54, 1.807) is 4.68 Å². The fourth-order valence-corrected chi connectivity index (χ4v) is 2.79. The molecule has 0 radical (unpaired) electrons. The third-order valence-electron chi connectivity index (χ3n) is 2.85. The van der Waals surface area contributed by atoms with Gasteiger partial charge >= 0.3 is 0 Å². The fourth-order valence-electron chi connectivity index (χ4n) is 1.97. The number of benzene rings is 1. The van der Waals surface area contributed by atoms with E-state index in [4.69, 9.17) is 4.43 Å². The molecule has 21 heavy (non-hydrogen) atoms. The first kappa shape index (κ1) is 15.5. The maximum atomic E-state index is 6.13. The van der Waals surface area contributed by atoms with Crippen molar-refractivity contribution in [1.82, 2.24) is 9.78 Å². The van der Waals surface area contributed by atoms with E-state index in [0.717, 1.165) is 23.4 Å². The highest BCUT2D eigenvalue weighted by molar-refractivity contribution is 6.70. The number of hydrogen-bond acceptors (Lipinski definition) is 3. The minimum atomic E-state index is -1.64. The predicted octanol–water partition coefficient (Wildman–Crippen LogP) is 3.89. The van der Waals surface area contributed by atoms with Crippen LogP contribution in [0.15, 0.2) is 35.6 Å². The molecule has 0 saturated carbocycles. The number of aliphatic imine (C=N–C) groups is 1. The Bertz CT molecular complexity index is 641. The van der Waals surface area contributed by atoms with Crippen LogP contribution in [0.2, 0.25) is 19.6 Å². The molecule has 112 valence electrons. The molecule has 1 heterocycles. The Balaban J connectivity index is 2.15. The van der Waals surface area contributed by atoms with Crippen molar-refractivity contribution in [2.75, 3.05) is 0 Å². The summed E-state index contributed by atoms with van der Waals surface area (Å²) in [6.45, 7) is 8.61. The molecule has 0 atom stereocenters. The third kappa shape index (κ3) is 4.86. The minimum absolute atomic E-state index is 0.772. The van der Waals surface area contributed by atoms with Crippen molar-refractivity contribution >= 4 is 20.2 Å². The van der Waals surface area contributed by atoms with Gasteiger partial charge in [0.05, 0.1) is 6.20 Å². The van der Waals surface area contributed by atoms with Gasteiger partial charge in [0.2, 0.25) is 8.32 Å². The van der Waals surface area contributed by atoms with Crippen molar-refractivity contribution < 1.29 is 4.43 Å². The summed E-state index contributed by atoms with van der Waals surface area (Å²) >= 11 is 0. The molecule has 0 amide bonds. The molecular weight excluding hydrogens is 278 g/mol. The highest BCUT2D eigenvalue weighted by Gasteiger charge is 2.18. The van der Waals surface area contributed by atoms with Crippen LogP contribution in [-0.4, -0.2) is 24.3 Å². The summed E-state index contributed by atoms with van der Waals surface area (Å²) in [5.74, 6) is 0.886. The molecule has 0 bridgehead atoms. The Kier molecular flexibility index (Phi) is 4.62. The molecule has 0 aliphatic carbocycles. The Labute approximate surface area is 127 Å². The zero-order chi connectivity index (χ0) is 15.5. The summed E-state index contributed by atoms with van der Waals surface area (Å²) in [6.07, 6.45) is 6.55. The van der Waals surface area contributed by atoms with Crippen molar-refractivity contribution in [3.8, 4) is 5.75 Å². The zero-order valence-electron chi connectivity index (χ0n) is 13.4. The van der Waals surface area contributed by atoms with E-state index in [1.807, 2.05) is 31.7 Å². The molecule has 1 aromatic carbocycles. The molecule has 0 spiro atoms. The molecule has 1 aromatic heterocycles. The lowest BCUT2D eigenvalue weighted by Gasteiger charge is -2.20. The van der Waals surface area contributed by atoms with E-state index in [9.17, 15) is 0 Å². The maximum absolute atomic E-state index is 6.13. The first-order chi connectivity index (χ1) is 9.83. The summed E-state index contributed by atoms with van der Waals surface area (Å²) < 4.78 is 7.93. The second-order valence-corrected chi connectivity index (χ2v) is 10.7. The molecule has 0 saturated heterocycles. The lowest BCUT2D eigenvalue weighted by molar-refractivity contribution is 0.558. The van der Waals surface area contributed by atoms with Crippen molar-refractivity contribution in [3.63, 3.8) is 0 Å². The maximum Gasteiger partial charge on any atom is 0.242 e. The molecular formula is C16H23N3OSi. The van der Waals surface area contributed by atoms with Crippen LogP contribution >= 0.6 is 0 Å². The SMILES string of the molecule is Cc1ccc(N=CCc2cnn(C)c2)c(O[Si](C)(C)C)c1. The van der Waals surface area contributed by atoms with Crippen molar-refractivity contribution in [1.29, 1.82) is 0 Å². The van der Waals surface area contributed by atoms with Crippen LogP contribution in [0.4, 0.5) is 5.69 Å². The molecule has 4 nitrogen and oxygen atoms in total. The van der Waals surface area contributed by atoms with Gasteiger partial charge in [-0.1, -0.05) is 6.07 Å².